The minimum atomic E-state index is -5.08. The van der Waals surface area contributed by atoms with Crippen LogP contribution in [0.2, 0.25) is 5.02 Å². The summed E-state index contributed by atoms with van der Waals surface area (Å²) in [7, 11) is 1.99. The Labute approximate surface area is 208 Å². The Morgan fingerprint density at radius 2 is 1.86 bits per heavy atom. The summed E-state index contributed by atoms with van der Waals surface area (Å²) in [5, 5.41) is 15.4. The second kappa shape index (κ2) is 10.1. The first-order valence-electron chi connectivity index (χ1n) is 10.8. The number of anilines is 2. The lowest BCUT2D eigenvalue weighted by Crippen LogP contribution is -2.30. The van der Waals surface area contributed by atoms with Gasteiger partial charge in [0.05, 0.1) is 23.5 Å². The standard InChI is InChI=1S/C20H20ClN7O.C2HF3O2/c1-22-15-6-7-26(12-15)17-5-3-16(9-24-17)27-10-13-11-28(25-19(13)20(27)29)18-4-2-14(21)8-23-18;3-2(4,5)1(6)7/h2-5,8-9,11,15,22H,6-7,10,12H2,1H3;(H,6,7)/t15-;/m0./s1. The number of alkyl halides is 3. The fourth-order valence-corrected chi connectivity index (χ4v) is 3.95. The van der Waals surface area contributed by atoms with Crippen LogP contribution in [0.15, 0.2) is 42.9 Å². The Balaban J connectivity index is 0.000000384. The Morgan fingerprint density at radius 3 is 2.39 bits per heavy atom. The lowest BCUT2D eigenvalue weighted by atomic mass is 10.3. The first kappa shape index (κ1) is 25.4. The average molecular weight is 524 g/mol. The van der Waals surface area contributed by atoms with E-state index >= 15 is 0 Å². The van der Waals surface area contributed by atoms with Crippen molar-refractivity contribution < 1.29 is 27.9 Å². The number of likely N-dealkylation sites (N-methyl/N-ethyl adjacent to an activating group) is 1. The molecule has 2 aliphatic heterocycles. The Morgan fingerprint density at radius 1 is 1.17 bits per heavy atom. The van der Waals surface area contributed by atoms with E-state index < -0.39 is 12.1 Å². The van der Waals surface area contributed by atoms with Crippen molar-refractivity contribution >= 4 is 35.0 Å². The Kier molecular flexibility index (Phi) is 7.13. The van der Waals surface area contributed by atoms with Crippen LogP contribution >= 0.6 is 11.6 Å². The zero-order chi connectivity index (χ0) is 26.0. The Bertz CT molecular complexity index is 1250. The van der Waals surface area contributed by atoms with Crippen molar-refractivity contribution in [3.05, 3.63) is 59.1 Å². The molecule has 5 rings (SSSR count). The number of hydrogen-bond donors (Lipinski definition) is 2. The van der Waals surface area contributed by atoms with Gasteiger partial charge in [-0.05, 0) is 37.7 Å². The summed E-state index contributed by atoms with van der Waals surface area (Å²) in [4.78, 5) is 34.6. The minimum Gasteiger partial charge on any atom is -0.475 e. The molecule has 5 heterocycles. The second-order valence-electron chi connectivity index (χ2n) is 8.07. The highest BCUT2D eigenvalue weighted by Crippen LogP contribution is 2.29. The largest absolute Gasteiger partial charge is 0.490 e. The van der Waals surface area contributed by atoms with E-state index in [2.05, 4.69) is 25.3 Å². The fourth-order valence-electron chi connectivity index (χ4n) is 3.83. The molecule has 0 spiro atoms. The maximum absolute atomic E-state index is 12.9. The summed E-state index contributed by atoms with van der Waals surface area (Å²) in [6, 6.07) is 7.95. The second-order valence-corrected chi connectivity index (χ2v) is 8.51. The summed E-state index contributed by atoms with van der Waals surface area (Å²) in [5.74, 6) is -1.32. The number of carboxylic acid groups (broad SMARTS) is 1. The van der Waals surface area contributed by atoms with E-state index in [0.29, 0.717) is 29.1 Å². The molecule has 0 saturated carbocycles. The van der Waals surface area contributed by atoms with Gasteiger partial charge in [-0.25, -0.2) is 19.4 Å². The number of fused-ring (bicyclic) bond motifs is 1. The number of amides is 1. The van der Waals surface area contributed by atoms with Crippen LogP contribution in [0.1, 0.15) is 22.5 Å². The zero-order valence-corrected chi connectivity index (χ0v) is 19.7. The predicted molar refractivity (Wildman–Crippen MR) is 124 cm³/mol. The molecule has 2 aliphatic rings. The molecule has 2 N–H and O–H groups in total. The van der Waals surface area contributed by atoms with Gasteiger partial charge in [-0.1, -0.05) is 11.6 Å². The molecule has 1 saturated heterocycles. The molecule has 0 aliphatic carbocycles. The molecule has 1 atom stereocenters. The van der Waals surface area contributed by atoms with Gasteiger partial charge in [0.15, 0.2) is 11.5 Å². The van der Waals surface area contributed by atoms with E-state index in [-0.39, 0.29) is 5.91 Å². The number of hydrogen-bond acceptors (Lipinski definition) is 7. The van der Waals surface area contributed by atoms with Gasteiger partial charge in [0.1, 0.15) is 5.82 Å². The summed E-state index contributed by atoms with van der Waals surface area (Å²) in [6.45, 7) is 2.40. The maximum atomic E-state index is 12.9. The summed E-state index contributed by atoms with van der Waals surface area (Å²) in [5.41, 5.74) is 2.09. The van der Waals surface area contributed by atoms with Crippen LogP contribution in [0, 0.1) is 0 Å². The molecule has 1 fully saturated rings. The molecule has 3 aromatic rings. The van der Waals surface area contributed by atoms with Crippen LogP contribution in [0.5, 0.6) is 0 Å². The minimum absolute atomic E-state index is 0.126. The molecule has 3 aromatic heterocycles. The van der Waals surface area contributed by atoms with Crippen molar-refractivity contribution in [3.63, 3.8) is 0 Å². The van der Waals surface area contributed by atoms with Crippen LogP contribution in [0.4, 0.5) is 24.7 Å². The molecule has 0 bridgehead atoms. The maximum Gasteiger partial charge on any atom is 0.490 e. The fraction of sp³-hybridized carbons (Fsp3) is 0.318. The zero-order valence-electron chi connectivity index (χ0n) is 18.9. The quantitative estimate of drug-likeness (QED) is 0.536. The highest BCUT2D eigenvalue weighted by atomic mass is 35.5. The van der Waals surface area contributed by atoms with Crippen molar-refractivity contribution in [2.75, 3.05) is 29.9 Å². The third-order valence-electron chi connectivity index (χ3n) is 5.72. The van der Waals surface area contributed by atoms with Gasteiger partial charge in [0.25, 0.3) is 5.91 Å². The number of aliphatic carboxylic acids is 1. The van der Waals surface area contributed by atoms with E-state index in [4.69, 9.17) is 21.5 Å². The van der Waals surface area contributed by atoms with Gasteiger partial charge in [-0.2, -0.15) is 18.3 Å². The first-order valence-corrected chi connectivity index (χ1v) is 11.2. The molecule has 190 valence electrons. The molecule has 14 heteroatoms. The third kappa shape index (κ3) is 5.41. The smallest absolute Gasteiger partial charge is 0.475 e. The number of nitrogens with zero attached hydrogens (tertiary/aromatic N) is 6. The number of carboxylic acids is 1. The van der Waals surface area contributed by atoms with Gasteiger partial charge in [0, 0.05) is 37.1 Å². The van der Waals surface area contributed by atoms with Gasteiger partial charge in [-0.15, -0.1) is 0 Å². The van der Waals surface area contributed by atoms with E-state index in [0.717, 1.165) is 36.6 Å². The number of carbonyl (C=O) groups is 2. The molecule has 10 nitrogen and oxygen atoms in total. The van der Waals surface area contributed by atoms with Crippen molar-refractivity contribution in [2.24, 2.45) is 0 Å². The van der Waals surface area contributed by atoms with Crippen LogP contribution in [-0.4, -0.2) is 69.1 Å². The van der Waals surface area contributed by atoms with E-state index in [1.165, 1.54) is 0 Å². The van der Waals surface area contributed by atoms with Gasteiger partial charge >= 0.3 is 12.1 Å². The van der Waals surface area contributed by atoms with E-state index in [1.807, 2.05) is 25.4 Å². The van der Waals surface area contributed by atoms with E-state index in [1.54, 1.807) is 34.1 Å². The molecular formula is C22H21ClF3N7O3. The van der Waals surface area contributed by atoms with Crippen LogP contribution in [-0.2, 0) is 11.3 Å². The summed E-state index contributed by atoms with van der Waals surface area (Å²) < 4.78 is 33.4. The number of carbonyl (C=O) groups excluding carboxylic acids is 1. The van der Waals surface area contributed by atoms with Crippen molar-refractivity contribution in [2.45, 2.75) is 25.2 Å². The number of halogens is 4. The topological polar surface area (TPSA) is 116 Å². The molecule has 0 unspecified atom stereocenters. The third-order valence-corrected chi connectivity index (χ3v) is 5.94. The number of aromatic nitrogens is 4. The predicted octanol–water partition coefficient (Wildman–Crippen LogP) is 2.91. The van der Waals surface area contributed by atoms with Crippen molar-refractivity contribution in [1.29, 1.82) is 0 Å². The van der Waals surface area contributed by atoms with Crippen LogP contribution in [0.25, 0.3) is 5.82 Å². The average Bonchev–Trinajstić information content (AvgIpc) is 3.56. The first-order chi connectivity index (χ1) is 17.1. The highest BCUT2D eigenvalue weighted by molar-refractivity contribution is 6.30. The highest BCUT2D eigenvalue weighted by Gasteiger charge is 2.38. The van der Waals surface area contributed by atoms with Crippen molar-refractivity contribution in [1.82, 2.24) is 25.1 Å². The normalized spacial score (nSPS) is 17.1. The summed E-state index contributed by atoms with van der Waals surface area (Å²) >= 11 is 5.89. The number of pyridine rings is 2. The van der Waals surface area contributed by atoms with Crippen LogP contribution in [0.3, 0.4) is 0 Å². The molecule has 36 heavy (non-hydrogen) atoms. The van der Waals surface area contributed by atoms with E-state index in [9.17, 15) is 18.0 Å². The molecule has 1 amide bonds. The SMILES string of the molecule is CN[C@H]1CCN(c2ccc(N3Cc4cn(-c5ccc(Cl)cn5)nc4C3=O)cn2)C1.O=C(O)C(F)(F)F. The van der Waals surface area contributed by atoms with Gasteiger partial charge in [-0.3, -0.25) is 4.79 Å². The summed E-state index contributed by atoms with van der Waals surface area (Å²) in [6.07, 6.45) is 1.19. The number of rotatable bonds is 4. The molecule has 0 aromatic carbocycles. The lowest BCUT2D eigenvalue weighted by Gasteiger charge is -2.20. The van der Waals surface area contributed by atoms with Gasteiger partial charge in [0.2, 0.25) is 0 Å². The lowest BCUT2D eigenvalue weighted by molar-refractivity contribution is -0.192. The van der Waals surface area contributed by atoms with Crippen molar-refractivity contribution in [3.8, 4) is 5.82 Å². The van der Waals surface area contributed by atoms with Gasteiger partial charge < -0.3 is 20.2 Å². The van der Waals surface area contributed by atoms with Crippen LogP contribution < -0.4 is 15.1 Å². The number of nitrogens with one attached hydrogen (secondary N) is 1. The Hall–Kier alpha value is -3.71. The molecule has 0 radical (unpaired) electrons. The monoisotopic (exact) mass is 523 g/mol. The molecular weight excluding hydrogens is 503 g/mol.